The quantitative estimate of drug-likeness (QED) is 0.860. The number of ether oxygens (including phenoxy) is 2. The van der Waals surface area contributed by atoms with Gasteiger partial charge in [0.05, 0.1) is 26.5 Å². The average molecular weight is 391 g/mol. The van der Waals surface area contributed by atoms with Crippen molar-refractivity contribution >= 4 is 31.9 Å². The molecule has 4 nitrogen and oxygen atoms in total. The summed E-state index contributed by atoms with van der Waals surface area (Å²) < 4.78 is 17.2. The van der Waals surface area contributed by atoms with Gasteiger partial charge in [-0.15, -0.1) is 0 Å². The van der Waals surface area contributed by atoms with Crippen LogP contribution in [0.25, 0.3) is 0 Å². The fourth-order valence-corrected chi connectivity index (χ4v) is 2.86. The molecular formula is C13H13Br2NO3. The highest BCUT2D eigenvalue weighted by Crippen LogP contribution is 2.38. The smallest absolute Gasteiger partial charge is 0.174 e. The van der Waals surface area contributed by atoms with Crippen LogP contribution in [0.4, 0.5) is 0 Å². The van der Waals surface area contributed by atoms with Gasteiger partial charge in [0.25, 0.3) is 0 Å². The fourth-order valence-electron chi connectivity index (χ4n) is 1.80. The third kappa shape index (κ3) is 2.80. The Balaban J connectivity index is 2.48. The van der Waals surface area contributed by atoms with E-state index in [0.717, 1.165) is 15.6 Å². The van der Waals surface area contributed by atoms with E-state index < -0.39 is 0 Å². The summed E-state index contributed by atoms with van der Waals surface area (Å²) in [6.45, 7) is 0. The van der Waals surface area contributed by atoms with Crippen molar-refractivity contribution in [1.29, 1.82) is 0 Å². The predicted octanol–water partition coefficient (Wildman–Crippen LogP) is 3.87. The number of halogens is 2. The number of nitrogens with two attached hydrogens (primary N) is 1. The Hall–Kier alpha value is -0.980. The highest BCUT2D eigenvalue weighted by atomic mass is 79.9. The van der Waals surface area contributed by atoms with Crippen LogP contribution in [0.3, 0.4) is 0 Å². The largest absolute Gasteiger partial charge is 0.493 e. The van der Waals surface area contributed by atoms with Gasteiger partial charge >= 0.3 is 0 Å². The summed E-state index contributed by atoms with van der Waals surface area (Å²) in [6.07, 6.45) is 1.59. The molecule has 0 aliphatic carbocycles. The molecule has 1 atom stereocenters. The molecule has 1 aromatic heterocycles. The maximum atomic E-state index is 6.26. The third-order valence-corrected chi connectivity index (χ3v) is 4.15. The summed E-state index contributed by atoms with van der Waals surface area (Å²) >= 11 is 6.84. The molecule has 0 saturated heterocycles. The molecule has 0 amide bonds. The molecule has 1 heterocycles. The van der Waals surface area contributed by atoms with Gasteiger partial charge in [0.1, 0.15) is 0 Å². The normalized spacial score (nSPS) is 12.3. The van der Waals surface area contributed by atoms with Crippen LogP contribution in [0.2, 0.25) is 0 Å². The van der Waals surface area contributed by atoms with Crippen LogP contribution in [0.5, 0.6) is 11.5 Å². The van der Waals surface area contributed by atoms with E-state index in [0.29, 0.717) is 16.2 Å². The van der Waals surface area contributed by atoms with Gasteiger partial charge in [-0.05, 0) is 39.7 Å². The maximum Gasteiger partial charge on any atom is 0.174 e. The van der Waals surface area contributed by atoms with Crippen LogP contribution in [0.1, 0.15) is 17.2 Å². The first-order chi connectivity index (χ1) is 9.08. The summed E-state index contributed by atoms with van der Waals surface area (Å²) in [7, 11) is 3.19. The van der Waals surface area contributed by atoms with Crippen molar-refractivity contribution in [3.8, 4) is 11.5 Å². The maximum absolute atomic E-state index is 6.26. The molecule has 0 fully saturated rings. The summed E-state index contributed by atoms with van der Waals surface area (Å²) in [5.41, 5.74) is 8.02. The molecule has 1 aromatic carbocycles. The van der Waals surface area contributed by atoms with Crippen LogP contribution < -0.4 is 15.2 Å². The number of hydrogen-bond acceptors (Lipinski definition) is 4. The minimum Gasteiger partial charge on any atom is -0.493 e. The van der Waals surface area contributed by atoms with E-state index >= 15 is 0 Å². The summed E-state index contributed by atoms with van der Waals surface area (Å²) in [4.78, 5) is 0. The highest BCUT2D eigenvalue weighted by Gasteiger charge is 2.19. The second-order valence-electron chi connectivity index (χ2n) is 3.86. The van der Waals surface area contributed by atoms with Crippen molar-refractivity contribution in [3.05, 3.63) is 44.7 Å². The molecule has 0 spiro atoms. The zero-order valence-corrected chi connectivity index (χ0v) is 13.6. The summed E-state index contributed by atoms with van der Waals surface area (Å²) in [5, 5.41) is 0. The Morgan fingerprint density at radius 1 is 1.11 bits per heavy atom. The van der Waals surface area contributed by atoms with Crippen molar-refractivity contribution in [2.24, 2.45) is 5.73 Å². The number of rotatable bonds is 4. The van der Waals surface area contributed by atoms with E-state index in [-0.39, 0.29) is 6.04 Å². The van der Waals surface area contributed by atoms with Crippen molar-refractivity contribution in [3.63, 3.8) is 0 Å². The fraction of sp³-hybridized carbons (Fsp3) is 0.231. The molecule has 0 aliphatic heterocycles. The first-order valence-electron chi connectivity index (χ1n) is 5.48. The molecule has 0 saturated carbocycles. The van der Waals surface area contributed by atoms with Crippen LogP contribution in [0.15, 0.2) is 38.0 Å². The van der Waals surface area contributed by atoms with Gasteiger partial charge in [-0.1, -0.05) is 15.9 Å². The zero-order valence-electron chi connectivity index (χ0n) is 10.4. The van der Waals surface area contributed by atoms with E-state index in [1.54, 1.807) is 20.5 Å². The number of benzene rings is 1. The first-order valence-corrected chi connectivity index (χ1v) is 7.07. The Morgan fingerprint density at radius 3 is 2.26 bits per heavy atom. The van der Waals surface area contributed by atoms with E-state index in [2.05, 4.69) is 31.9 Å². The standard InChI is InChI=1S/C13H13Br2NO3/c1-17-10-5-8(9(14)6-11(10)18-2)12(16)7-3-4-19-13(7)15/h3-6,12H,16H2,1-2H3. The van der Waals surface area contributed by atoms with Gasteiger partial charge in [0.15, 0.2) is 16.2 Å². The van der Waals surface area contributed by atoms with Crippen molar-refractivity contribution in [2.45, 2.75) is 6.04 Å². The van der Waals surface area contributed by atoms with Crippen LogP contribution in [-0.2, 0) is 0 Å². The molecule has 6 heteroatoms. The average Bonchev–Trinajstić information content (AvgIpc) is 2.83. The monoisotopic (exact) mass is 389 g/mol. The van der Waals surface area contributed by atoms with Gasteiger partial charge < -0.3 is 19.6 Å². The molecule has 2 rings (SSSR count). The molecule has 2 N–H and O–H groups in total. The minimum absolute atomic E-state index is 0.331. The Kier molecular flexibility index (Phi) is 4.54. The van der Waals surface area contributed by atoms with Gasteiger partial charge in [-0.25, -0.2) is 0 Å². The topological polar surface area (TPSA) is 57.6 Å². The van der Waals surface area contributed by atoms with E-state index in [4.69, 9.17) is 19.6 Å². The number of furan rings is 1. The summed E-state index contributed by atoms with van der Waals surface area (Å²) in [5.74, 6) is 1.28. The lowest BCUT2D eigenvalue weighted by atomic mass is 10.0. The summed E-state index contributed by atoms with van der Waals surface area (Å²) in [6, 6.07) is 5.19. The van der Waals surface area contributed by atoms with E-state index in [1.807, 2.05) is 18.2 Å². The zero-order chi connectivity index (χ0) is 14.0. The molecular weight excluding hydrogens is 378 g/mol. The Labute approximate surface area is 128 Å². The van der Waals surface area contributed by atoms with Crippen LogP contribution >= 0.6 is 31.9 Å². The molecule has 0 bridgehead atoms. The minimum atomic E-state index is -0.331. The van der Waals surface area contributed by atoms with Gasteiger partial charge in [0.2, 0.25) is 0 Å². The lowest BCUT2D eigenvalue weighted by Gasteiger charge is -2.16. The molecule has 2 aromatic rings. The molecule has 0 aliphatic rings. The number of methoxy groups -OCH3 is 2. The van der Waals surface area contributed by atoms with Gasteiger partial charge in [-0.2, -0.15) is 0 Å². The van der Waals surface area contributed by atoms with Crippen molar-refractivity contribution in [1.82, 2.24) is 0 Å². The van der Waals surface area contributed by atoms with E-state index in [9.17, 15) is 0 Å². The molecule has 1 unspecified atom stereocenters. The van der Waals surface area contributed by atoms with Crippen LogP contribution in [-0.4, -0.2) is 14.2 Å². The van der Waals surface area contributed by atoms with Crippen molar-refractivity contribution < 1.29 is 13.9 Å². The lowest BCUT2D eigenvalue weighted by molar-refractivity contribution is 0.354. The number of hydrogen-bond donors (Lipinski definition) is 1. The van der Waals surface area contributed by atoms with Crippen molar-refractivity contribution in [2.75, 3.05) is 14.2 Å². The first kappa shape index (κ1) is 14.4. The second-order valence-corrected chi connectivity index (χ2v) is 5.43. The second kappa shape index (κ2) is 5.98. The highest BCUT2D eigenvalue weighted by molar-refractivity contribution is 9.10. The van der Waals surface area contributed by atoms with Gasteiger partial charge in [0, 0.05) is 10.0 Å². The van der Waals surface area contributed by atoms with Gasteiger partial charge in [-0.3, -0.25) is 0 Å². The molecule has 19 heavy (non-hydrogen) atoms. The third-order valence-electron chi connectivity index (χ3n) is 2.82. The molecule has 0 radical (unpaired) electrons. The van der Waals surface area contributed by atoms with E-state index in [1.165, 1.54) is 0 Å². The SMILES string of the molecule is COc1cc(Br)c(C(N)c2ccoc2Br)cc1OC. The Morgan fingerprint density at radius 2 is 1.74 bits per heavy atom. The van der Waals surface area contributed by atoms with Crippen LogP contribution in [0, 0.1) is 0 Å². The molecule has 102 valence electrons. The predicted molar refractivity (Wildman–Crippen MR) is 79.7 cm³/mol. The Bertz CT molecular complexity index is 583. The lowest BCUT2D eigenvalue weighted by Crippen LogP contribution is -2.12.